The topological polar surface area (TPSA) is 50.4 Å². The van der Waals surface area contributed by atoms with Crippen LogP contribution in [-0.2, 0) is 4.79 Å². The number of rotatable bonds is 6. The highest BCUT2D eigenvalue weighted by Crippen LogP contribution is 2.23. The Morgan fingerprint density at radius 2 is 1.77 bits per heavy atom. The zero-order valence-corrected chi connectivity index (χ0v) is 13.3. The molecule has 0 radical (unpaired) electrons. The van der Waals surface area contributed by atoms with Crippen LogP contribution in [-0.4, -0.2) is 19.1 Å². The summed E-state index contributed by atoms with van der Waals surface area (Å²) in [5.41, 5.74) is 3.92. The van der Waals surface area contributed by atoms with Crippen LogP contribution in [0.5, 0.6) is 5.75 Å². The van der Waals surface area contributed by atoms with Crippen molar-refractivity contribution in [2.75, 3.05) is 23.8 Å². The van der Waals surface area contributed by atoms with Crippen LogP contribution >= 0.6 is 0 Å². The summed E-state index contributed by atoms with van der Waals surface area (Å²) in [5, 5.41) is 6.05. The number of hydrogen-bond acceptors (Lipinski definition) is 3. The number of hydrogen-bond donors (Lipinski definition) is 2. The number of anilines is 2. The van der Waals surface area contributed by atoms with E-state index >= 15 is 0 Å². The fourth-order valence-corrected chi connectivity index (χ4v) is 2.15. The highest BCUT2D eigenvalue weighted by atomic mass is 16.5. The first kappa shape index (κ1) is 15.9. The van der Waals surface area contributed by atoms with Gasteiger partial charge in [0.15, 0.2) is 0 Å². The summed E-state index contributed by atoms with van der Waals surface area (Å²) in [4.78, 5) is 12.1. The lowest BCUT2D eigenvalue weighted by atomic mass is 10.1. The van der Waals surface area contributed by atoms with Crippen LogP contribution in [0.2, 0.25) is 0 Å². The van der Waals surface area contributed by atoms with Crippen molar-refractivity contribution in [2.45, 2.75) is 20.8 Å². The van der Waals surface area contributed by atoms with E-state index in [9.17, 15) is 4.79 Å². The SMILES string of the molecule is CCOc1ccccc1NCC(=O)Nc1cccc(C)c1C. The van der Waals surface area contributed by atoms with E-state index in [2.05, 4.69) is 10.6 Å². The summed E-state index contributed by atoms with van der Waals surface area (Å²) < 4.78 is 5.53. The molecule has 0 aliphatic carbocycles. The molecule has 0 spiro atoms. The summed E-state index contributed by atoms with van der Waals surface area (Å²) in [7, 11) is 0. The average molecular weight is 298 g/mol. The number of carbonyl (C=O) groups is 1. The fourth-order valence-electron chi connectivity index (χ4n) is 2.15. The monoisotopic (exact) mass is 298 g/mol. The zero-order chi connectivity index (χ0) is 15.9. The predicted molar refractivity (Wildman–Crippen MR) is 90.6 cm³/mol. The third kappa shape index (κ3) is 4.01. The van der Waals surface area contributed by atoms with Gasteiger partial charge >= 0.3 is 0 Å². The number of benzene rings is 2. The van der Waals surface area contributed by atoms with Crippen LogP contribution in [0.15, 0.2) is 42.5 Å². The Hall–Kier alpha value is -2.49. The average Bonchev–Trinajstić information content (AvgIpc) is 2.51. The number of nitrogens with one attached hydrogen (secondary N) is 2. The Kier molecular flexibility index (Phi) is 5.42. The molecule has 1 amide bonds. The molecule has 2 aromatic rings. The van der Waals surface area contributed by atoms with E-state index in [1.165, 1.54) is 0 Å². The van der Waals surface area contributed by atoms with Crippen molar-refractivity contribution in [3.05, 3.63) is 53.6 Å². The van der Waals surface area contributed by atoms with Gasteiger partial charge in [-0.25, -0.2) is 0 Å². The highest BCUT2D eigenvalue weighted by molar-refractivity contribution is 5.94. The van der Waals surface area contributed by atoms with E-state index < -0.39 is 0 Å². The minimum Gasteiger partial charge on any atom is -0.492 e. The molecule has 0 atom stereocenters. The van der Waals surface area contributed by atoms with Crippen molar-refractivity contribution in [3.8, 4) is 5.75 Å². The summed E-state index contributed by atoms with van der Waals surface area (Å²) in [6.07, 6.45) is 0. The van der Waals surface area contributed by atoms with Crippen LogP contribution in [0.4, 0.5) is 11.4 Å². The summed E-state index contributed by atoms with van der Waals surface area (Å²) in [5.74, 6) is 0.671. The Morgan fingerprint density at radius 3 is 2.55 bits per heavy atom. The second-order valence-electron chi connectivity index (χ2n) is 5.08. The molecular weight excluding hydrogens is 276 g/mol. The van der Waals surface area contributed by atoms with Crippen molar-refractivity contribution in [1.82, 2.24) is 0 Å². The third-order valence-corrected chi connectivity index (χ3v) is 3.51. The molecule has 2 N–H and O–H groups in total. The van der Waals surface area contributed by atoms with Crippen LogP contribution in [0.1, 0.15) is 18.1 Å². The van der Waals surface area contributed by atoms with Gasteiger partial charge in [-0.15, -0.1) is 0 Å². The van der Waals surface area contributed by atoms with Gasteiger partial charge in [-0.3, -0.25) is 4.79 Å². The first-order valence-corrected chi connectivity index (χ1v) is 7.43. The smallest absolute Gasteiger partial charge is 0.243 e. The largest absolute Gasteiger partial charge is 0.492 e. The standard InChI is InChI=1S/C18H22N2O2/c1-4-22-17-11-6-5-9-16(17)19-12-18(21)20-15-10-7-8-13(2)14(15)3/h5-11,19H,4,12H2,1-3H3,(H,20,21). The number of carbonyl (C=O) groups excluding carboxylic acids is 1. The quantitative estimate of drug-likeness (QED) is 0.854. The third-order valence-electron chi connectivity index (χ3n) is 3.51. The zero-order valence-electron chi connectivity index (χ0n) is 13.3. The van der Waals surface area contributed by atoms with Gasteiger partial charge in [0, 0.05) is 5.69 Å². The minimum absolute atomic E-state index is 0.0833. The van der Waals surface area contributed by atoms with Gasteiger partial charge in [-0.05, 0) is 50.1 Å². The van der Waals surface area contributed by atoms with Crippen molar-refractivity contribution >= 4 is 17.3 Å². The van der Waals surface area contributed by atoms with Gasteiger partial charge in [0.25, 0.3) is 0 Å². The highest BCUT2D eigenvalue weighted by Gasteiger charge is 2.07. The molecule has 0 aromatic heterocycles. The maximum absolute atomic E-state index is 12.1. The lowest BCUT2D eigenvalue weighted by molar-refractivity contribution is -0.114. The maximum Gasteiger partial charge on any atom is 0.243 e. The van der Waals surface area contributed by atoms with Gasteiger partial charge < -0.3 is 15.4 Å². The lowest BCUT2D eigenvalue weighted by Crippen LogP contribution is -2.22. The Bertz CT molecular complexity index is 653. The number of aryl methyl sites for hydroxylation is 1. The minimum atomic E-state index is -0.0833. The van der Waals surface area contributed by atoms with Gasteiger partial charge in [0.2, 0.25) is 5.91 Å². The van der Waals surface area contributed by atoms with E-state index in [0.717, 1.165) is 28.3 Å². The molecule has 0 aliphatic rings. The molecule has 4 nitrogen and oxygen atoms in total. The van der Waals surface area contributed by atoms with Crippen LogP contribution in [0.3, 0.4) is 0 Å². The van der Waals surface area contributed by atoms with Crippen molar-refractivity contribution in [1.29, 1.82) is 0 Å². The Balaban J connectivity index is 1.97. The molecular formula is C18H22N2O2. The Labute approximate surface area is 131 Å². The molecule has 22 heavy (non-hydrogen) atoms. The fraction of sp³-hybridized carbons (Fsp3) is 0.278. The second kappa shape index (κ2) is 7.50. The Morgan fingerprint density at radius 1 is 1.05 bits per heavy atom. The molecule has 116 valence electrons. The van der Waals surface area contributed by atoms with Crippen molar-refractivity contribution in [2.24, 2.45) is 0 Å². The molecule has 2 aromatic carbocycles. The van der Waals surface area contributed by atoms with E-state index in [-0.39, 0.29) is 12.5 Å². The molecule has 4 heteroatoms. The van der Waals surface area contributed by atoms with Crippen molar-refractivity contribution in [3.63, 3.8) is 0 Å². The molecule has 0 heterocycles. The predicted octanol–water partition coefficient (Wildman–Crippen LogP) is 3.75. The van der Waals surface area contributed by atoms with Gasteiger partial charge in [-0.1, -0.05) is 24.3 Å². The molecule has 2 rings (SSSR count). The first-order valence-electron chi connectivity index (χ1n) is 7.43. The number of amides is 1. The summed E-state index contributed by atoms with van der Waals surface area (Å²) >= 11 is 0. The van der Waals surface area contributed by atoms with E-state index in [4.69, 9.17) is 4.74 Å². The normalized spacial score (nSPS) is 10.1. The van der Waals surface area contributed by atoms with Gasteiger partial charge in [0.05, 0.1) is 18.8 Å². The summed E-state index contributed by atoms with van der Waals surface area (Å²) in [6.45, 7) is 6.75. The van der Waals surface area contributed by atoms with Crippen molar-refractivity contribution < 1.29 is 9.53 Å². The molecule has 0 unspecified atom stereocenters. The maximum atomic E-state index is 12.1. The van der Waals surface area contributed by atoms with Crippen LogP contribution in [0.25, 0.3) is 0 Å². The first-order chi connectivity index (χ1) is 10.6. The van der Waals surface area contributed by atoms with Crippen LogP contribution in [0, 0.1) is 13.8 Å². The number of para-hydroxylation sites is 2. The van der Waals surface area contributed by atoms with Gasteiger partial charge in [0.1, 0.15) is 5.75 Å². The van der Waals surface area contributed by atoms with Crippen LogP contribution < -0.4 is 15.4 Å². The molecule has 0 saturated carbocycles. The van der Waals surface area contributed by atoms with E-state index in [1.54, 1.807) is 0 Å². The second-order valence-corrected chi connectivity index (χ2v) is 5.08. The number of ether oxygens (including phenoxy) is 1. The lowest BCUT2D eigenvalue weighted by Gasteiger charge is -2.13. The molecule has 0 bridgehead atoms. The summed E-state index contributed by atoms with van der Waals surface area (Å²) in [6, 6.07) is 13.5. The molecule has 0 saturated heterocycles. The van der Waals surface area contributed by atoms with E-state index in [0.29, 0.717) is 6.61 Å². The van der Waals surface area contributed by atoms with E-state index in [1.807, 2.05) is 63.2 Å². The molecule has 0 aliphatic heterocycles. The molecule has 0 fully saturated rings. The van der Waals surface area contributed by atoms with Gasteiger partial charge in [-0.2, -0.15) is 0 Å².